The van der Waals surface area contributed by atoms with Crippen molar-refractivity contribution in [1.29, 1.82) is 0 Å². The van der Waals surface area contributed by atoms with Crippen molar-refractivity contribution < 1.29 is 23.7 Å². The normalized spacial score (nSPS) is 10.6. The van der Waals surface area contributed by atoms with E-state index in [1.54, 1.807) is 34.6 Å². The van der Waals surface area contributed by atoms with Gasteiger partial charge in [0.25, 0.3) is 0 Å². The molecular weight excluding hydrogens is 300 g/mol. The van der Waals surface area contributed by atoms with E-state index in [1.165, 1.54) is 0 Å². The number of aromatic amines is 1. The third kappa shape index (κ3) is 3.50. The zero-order valence-corrected chi connectivity index (χ0v) is 13.8. The molecule has 1 aromatic carbocycles. The lowest BCUT2D eigenvalue weighted by molar-refractivity contribution is -0.120. The molecule has 0 atom stereocenters. The summed E-state index contributed by atoms with van der Waals surface area (Å²) in [6.45, 7) is 0.958. The molecule has 7 nitrogen and oxygen atoms in total. The molecular formula is C16H22N2O5. The van der Waals surface area contributed by atoms with E-state index in [-0.39, 0.29) is 12.3 Å². The van der Waals surface area contributed by atoms with E-state index in [0.717, 1.165) is 16.5 Å². The first-order valence-electron chi connectivity index (χ1n) is 7.20. The van der Waals surface area contributed by atoms with Crippen molar-refractivity contribution in [3.63, 3.8) is 0 Å². The molecule has 0 radical (unpaired) electrons. The fourth-order valence-electron chi connectivity index (χ4n) is 2.49. The van der Waals surface area contributed by atoms with Crippen molar-refractivity contribution in [2.24, 2.45) is 0 Å². The van der Waals surface area contributed by atoms with Gasteiger partial charge in [-0.05, 0) is 5.56 Å². The Morgan fingerprint density at radius 3 is 2.48 bits per heavy atom. The van der Waals surface area contributed by atoms with Gasteiger partial charge in [0.05, 0.1) is 39.9 Å². The molecule has 0 aliphatic rings. The SMILES string of the molecule is COCCNC(=O)Cc1c[nH]c2cc(OC)c(OC)c(OC)c12. The maximum atomic E-state index is 12.0. The molecule has 2 N–H and O–H groups in total. The highest BCUT2D eigenvalue weighted by molar-refractivity contribution is 5.96. The second kappa shape index (κ2) is 7.73. The molecule has 126 valence electrons. The second-order valence-corrected chi connectivity index (χ2v) is 4.90. The largest absolute Gasteiger partial charge is 0.493 e. The minimum Gasteiger partial charge on any atom is -0.493 e. The molecule has 1 heterocycles. The molecule has 0 unspecified atom stereocenters. The number of hydrogen-bond donors (Lipinski definition) is 2. The Morgan fingerprint density at radius 2 is 1.87 bits per heavy atom. The molecule has 0 spiro atoms. The molecule has 2 rings (SSSR count). The van der Waals surface area contributed by atoms with Gasteiger partial charge in [0.1, 0.15) is 0 Å². The lowest BCUT2D eigenvalue weighted by Crippen LogP contribution is -2.28. The van der Waals surface area contributed by atoms with Gasteiger partial charge in [0, 0.05) is 31.3 Å². The van der Waals surface area contributed by atoms with Crippen molar-refractivity contribution in [1.82, 2.24) is 10.3 Å². The van der Waals surface area contributed by atoms with E-state index in [4.69, 9.17) is 18.9 Å². The maximum absolute atomic E-state index is 12.0. The smallest absolute Gasteiger partial charge is 0.224 e. The Labute approximate surface area is 134 Å². The third-order valence-electron chi connectivity index (χ3n) is 3.53. The van der Waals surface area contributed by atoms with Crippen molar-refractivity contribution in [3.8, 4) is 17.2 Å². The zero-order valence-electron chi connectivity index (χ0n) is 13.8. The molecule has 2 aromatic rings. The Balaban J connectivity index is 2.36. The van der Waals surface area contributed by atoms with Crippen LogP contribution < -0.4 is 19.5 Å². The first-order valence-corrected chi connectivity index (χ1v) is 7.20. The summed E-state index contributed by atoms with van der Waals surface area (Å²) in [6.07, 6.45) is 2.03. The number of benzene rings is 1. The fraction of sp³-hybridized carbons (Fsp3) is 0.438. The topological polar surface area (TPSA) is 81.8 Å². The zero-order chi connectivity index (χ0) is 16.8. The van der Waals surface area contributed by atoms with Crippen molar-refractivity contribution in [3.05, 3.63) is 17.8 Å². The predicted octanol–water partition coefficient (Wildman–Crippen LogP) is 1.50. The number of amides is 1. The van der Waals surface area contributed by atoms with E-state index >= 15 is 0 Å². The minimum absolute atomic E-state index is 0.0835. The average molecular weight is 322 g/mol. The number of carbonyl (C=O) groups excluding carboxylic acids is 1. The number of rotatable bonds is 8. The van der Waals surface area contributed by atoms with Gasteiger partial charge in [0.2, 0.25) is 11.7 Å². The summed E-state index contributed by atoms with van der Waals surface area (Å²) in [5.41, 5.74) is 1.65. The van der Waals surface area contributed by atoms with Gasteiger partial charge >= 0.3 is 0 Å². The summed E-state index contributed by atoms with van der Waals surface area (Å²) >= 11 is 0. The first kappa shape index (κ1) is 17.0. The molecule has 23 heavy (non-hydrogen) atoms. The quantitative estimate of drug-likeness (QED) is 0.720. The Kier molecular flexibility index (Phi) is 5.70. The lowest BCUT2D eigenvalue weighted by atomic mass is 10.1. The van der Waals surface area contributed by atoms with E-state index in [1.807, 2.05) is 6.07 Å². The van der Waals surface area contributed by atoms with Gasteiger partial charge in [-0.3, -0.25) is 4.79 Å². The number of ether oxygens (including phenoxy) is 4. The minimum atomic E-state index is -0.0835. The summed E-state index contributed by atoms with van der Waals surface area (Å²) in [5.74, 6) is 1.53. The summed E-state index contributed by atoms with van der Waals surface area (Å²) < 4.78 is 21.1. The van der Waals surface area contributed by atoms with Crippen LogP contribution in [-0.4, -0.2) is 52.5 Å². The first-order chi connectivity index (χ1) is 11.2. The van der Waals surface area contributed by atoms with E-state index < -0.39 is 0 Å². The van der Waals surface area contributed by atoms with E-state index in [0.29, 0.717) is 30.4 Å². The Bertz CT molecular complexity index is 681. The molecule has 0 aliphatic heterocycles. The van der Waals surface area contributed by atoms with Crippen molar-refractivity contribution in [2.75, 3.05) is 41.6 Å². The van der Waals surface area contributed by atoms with Crippen LogP contribution in [-0.2, 0) is 16.0 Å². The molecule has 0 bridgehead atoms. The number of nitrogens with one attached hydrogen (secondary N) is 2. The number of carbonyl (C=O) groups is 1. The van der Waals surface area contributed by atoms with Crippen molar-refractivity contribution >= 4 is 16.8 Å². The summed E-state index contributed by atoms with van der Waals surface area (Å²) in [6, 6.07) is 1.82. The van der Waals surface area contributed by atoms with Crippen LogP contribution >= 0.6 is 0 Å². The molecule has 1 aromatic heterocycles. The van der Waals surface area contributed by atoms with Gasteiger partial charge in [-0.25, -0.2) is 0 Å². The molecule has 0 aliphatic carbocycles. The highest BCUT2D eigenvalue weighted by Crippen LogP contribution is 2.44. The molecule has 0 fully saturated rings. The van der Waals surface area contributed by atoms with Crippen LogP contribution in [0.25, 0.3) is 10.9 Å². The number of aromatic nitrogens is 1. The van der Waals surface area contributed by atoms with Gasteiger partial charge in [0.15, 0.2) is 11.5 Å². The maximum Gasteiger partial charge on any atom is 0.224 e. The molecule has 7 heteroatoms. The third-order valence-corrected chi connectivity index (χ3v) is 3.53. The Morgan fingerprint density at radius 1 is 1.13 bits per heavy atom. The van der Waals surface area contributed by atoms with E-state index in [2.05, 4.69) is 10.3 Å². The van der Waals surface area contributed by atoms with Crippen LogP contribution in [0.4, 0.5) is 0 Å². The summed E-state index contributed by atoms with van der Waals surface area (Å²) in [4.78, 5) is 15.2. The second-order valence-electron chi connectivity index (χ2n) is 4.90. The molecule has 0 saturated carbocycles. The Hall–Kier alpha value is -2.41. The summed E-state index contributed by atoms with van der Waals surface area (Å²) in [7, 11) is 6.27. The van der Waals surface area contributed by atoms with Gasteiger partial charge in [-0.15, -0.1) is 0 Å². The highest BCUT2D eigenvalue weighted by Gasteiger charge is 2.20. The monoisotopic (exact) mass is 322 g/mol. The highest BCUT2D eigenvalue weighted by atomic mass is 16.5. The van der Waals surface area contributed by atoms with Gasteiger partial charge in [-0.2, -0.15) is 0 Å². The van der Waals surface area contributed by atoms with Crippen LogP contribution in [0.5, 0.6) is 17.2 Å². The van der Waals surface area contributed by atoms with Gasteiger partial charge in [-0.1, -0.05) is 0 Å². The van der Waals surface area contributed by atoms with Crippen LogP contribution in [0.3, 0.4) is 0 Å². The van der Waals surface area contributed by atoms with Gasteiger partial charge < -0.3 is 29.2 Å². The van der Waals surface area contributed by atoms with Crippen LogP contribution in [0.15, 0.2) is 12.3 Å². The number of hydrogen-bond acceptors (Lipinski definition) is 5. The average Bonchev–Trinajstić information content (AvgIpc) is 2.95. The summed E-state index contributed by atoms with van der Waals surface area (Å²) in [5, 5.41) is 3.61. The molecule has 1 amide bonds. The standard InChI is InChI=1S/C16H22N2O5/c1-20-6-5-17-13(19)7-10-9-18-11-8-12(21-2)15(22-3)16(23-4)14(10)11/h8-9,18H,5-7H2,1-4H3,(H,17,19). The number of fused-ring (bicyclic) bond motifs is 1. The number of methoxy groups -OCH3 is 4. The lowest BCUT2D eigenvalue weighted by Gasteiger charge is -2.14. The van der Waals surface area contributed by atoms with Crippen LogP contribution in [0.1, 0.15) is 5.56 Å². The fourth-order valence-corrected chi connectivity index (χ4v) is 2.49. The van der Waals surface area contributed by atoms with Crippen LogP contribution in [0, 0.1) is 0 Å². The number of H-pyrrole nitrogens is 1. The molecule has 0 saturated heterocycles. The predicted molar refractivity (Wildman–Crippen MR) is 86.5 cm³/mol. The van der Waals surface area contributed by atoms with Crippen LogP contribution in [0.2, 0.25) is 0 Å². The van der Waals surface area contributed by atoms with E-state index in [9.17, 15) is 4.79 Å². The van der Waals surface area contributed by atoms with Crippen molar-refractivity contribution in [2.45, 2.75) is 6.42 Å².